The summed E-state index contributed by atoms with van der Waals surface area (Å²) in [6.45, 7) is 0.453. The number of aromatic nitrogens is 1. The van der Waals surface area contributed by atoms with Crippen LogP contribution >= 0.6 is 0 Å². The number of ether oxygens (including phenoxy) is 1. The summed E-state index contributed by atoms with van der Waals surface area (Å²) in [5, 5.41) is 2.95. The molecule has 0 saturated carbocycles. The zero-order chi connectivity index (χ0) is 20.1. The Kier molecular flexibility index (Phi) is 5.38. The van der Waals surface area contributed by atoms with Crippen LogP contribution in [0.4, 0.5) is 0 Å². The second kappa shape index (κ2) is 8.44. The van der Waals surface area contributed by atoms with Gasteiger partial charge in [-0.3, -0.25) is 4.79 Å². The molecule has 3 aromatic carbocycles. The first-order valence-corrected chi connectivity index (χ1v) is 9.26. The number of rotatable bonds is 6. The minimum Gasteiger partial charge on any atom is -0.497 e. The quantitative estimate of drug-likeness (QED) is 0.511. The Morgan fingerprint density at radius 1 is 1.00 bits per heavy atom. The maximum atomic E-state index is 12.8. The number of carbonyl (C=O) groups is 1. The third-order valence-electron chi connectivity index (χ3n) is 4.56. The van der Waals surface area contributed by atoms with Gasteiger partial charge in [-0.05, 0) is 29.8 Å². The van der Waals surface area contributed by atoms with Crippen molar-refractivity contribution in [3.8, 4) is 28.5 Å². The molecule has 0 spiro atoms. The summed E-state index contributed by atoms with van der Waals surface area (Å²) in [5.74, 6) is 1.57. The lowest BCUT2D eigenvalue weighted by atomic mass is 10.1. The first-order valence-electron chi connectivity index (χ1n) is 9.26. The molecule has 0 atom stereocenters. The Balaban J connectivity index is 1.58. The number of hydrogen-bond acceptors (Lipinski definition) is 4. The molecule has 0 saturated heterocycles. The number of amides is 1. The third kappa shape index (κ3) is 4.19. The predicted molar refractivity (Wildman–Crippen MR) is 112 cm³/mol. The van der Waals surface area contributed by atoms with Crippen molar-refractivity contribution >= 4 is 5.91 Å². The maximum Gasteiger partial charge on any atom is 0.252 e. The van der Waals surface area contributed by atoms with Gasteiger partial charge in [0, 0.05) is 17.7 Å². The van der Waals surface area contributed by atoms with Gasteiger partial charge in [0.2, 0.25) is 5.89 Å². The highest BCUT2D eigenvalue weighted by atomic mass is 16.5. The molecule has 0 aliphatic heterocycles. The molecule has 0 aliphatic carbocycles. The van der Waals surface area contributed by atoms with E-state index >= 15 is 0 Å². The van der Waals surface area contributed by atoms with Crippen LogP contribution in [-0.2, 0) is 6.54 Å². The summed E-state index contributed by atoms with van der Waals surface area (Å²) >= 11 is 0. The van der Waals surface area contributed by atoms with Gasteiger partial charge in [0.05, 0.1) is 18.9 Å². The molecule has 1 amide bonds. The van der Waals surface area contributed by atoms with Crippen molar-refractivity contribution in [3.63, 3.8) is 0 Å². The number of methoxy groups -OCH3 is 1. The van der Waals surface area contributed by atoms with Gasteiger partial charge < -0.3 is 14.5 Å². The molecule has 4 aromatic rings. The molecule has 0 unspecified atom stereocenters. The zero-order valence-corrected chi connectivity index (χ0v) is 16.0. The summed E-state index contributed by atoms with van der Waals surface area (Å²) in [5.41, 5.74) is 3.05. The summed E-state index contributed by atoms with van der Waals surface area (Å²) < 4.78 is 11.2. The topological polar surface area (TPSA) is 64.4 Å². The molecule has 0 fully saturated rings. The molecule has 5 nitrogen and oxygen atoms in total. The molecule has 4 rings (SSSR count). The minimum atomic E-state index is -0.175. The van der Waals surface area contributed by atoms with Crippen LogP contribution in [0.15, 0.2) is 89.5 Å². The van der Waals surface area contributed by atoms with Crippen molar-refractivity contribution in [3.05, 3.63) is 96.2 Å². The predicted octanol–water partition coefficient (Wildman–Crippen LogP) is 4.95. The molecule has 5 heteroatoms. The SMILES string of the molecule is COc1cccc(-c2cnc(-c3ccccc3C(=O)NCc3ccccc3)o2)c1. The van der Waals surface area contributed by atoms with Gasteiger partial charge in [0.15, 0.2) is 5.76 Å². The lowest BCUT2D eigenvalue weighted by molar-refractivity contribution is 0.0951. The average molecular weight is 384 g/mol. The zero-order valence-electron chi connectivity index (χ0n) is 16.0. The monoisotopic (exact) mass is 384 g/mol. The van der Waals surface area contributed by atoms with E-state index < -0.39 is 0 Å². The van der Waals surface area contributed by atoms with Crippen LogP contribution in [0.25, 0.3) is 22.8 Å². The molecule has 0 bridgehead atoms. The van der Waals surface area contributed by atoms with E-state index in [1.54, 1.807) is 19.4 Å². The van der Waals surface area contributed by atoms with Crippen LogP contribution in [0.1, 0.15) is 15.9 Å². The highest BCUT2D eigenvalue weighted by molar-refractivity contribution is 6.00. The van der Waals surface area contributed by atoms with Crippen LogP contribution < -0.4 is 10.1 Å². The first-order chi connectivity index (χ1) is 14.2. The van der Waals surface area contributed by atoms with Gasteiger partial charge in [-0.1, -0.05) is 54.6 Å². The van der Waals surface area contributed by atoms with Crippen molar-refractivity contribution in [1.82, 2.24) is 10.3 Å². The van der Waals surface area contributed by atoms with Gasteiger partial charge >= 0.3 is 0 Å². The number of hydrogen-bond donors (Lipinski definition) is 1. The number of nitrogens with zero attached hydrogens (tertiary/aromatic N) is 1. The van der Waals surface area contributed by atoms with Gasteiger partial charge in [-0.15, -0.1) is 0 Å². The third-order valence-corrected chi connectivity index (χ3v) is 4.56. The molecule has 0 aliphatic rings. The molecule has 1 aromatic heterocycles. The van der Waals surface area contributed by atoms with E-state index in [9.17, 15) is 4.79 Å². The molecule has 1 N–H and O–H groups in total. The summed E-state index contributed by atoms with van der Waals surface area (Å²) in [6.07, 6.45) is 1.66. The van der Waals surface area contributed by atoms with Gasteiger partial charge in [0.25, 0.3) is 5.91 Å². The number of benzene rings is 3. The Morgan fingerprint density at radius 3 is 2.62 bits per heavy atom. The van der Waals surface area contributed by atoms with Crippen molar-refractivity contribution in [2.24, 2.45) is 0 Å². The summed E-state index contributed by atoms with van der Waals surface area (Å²) in [7, 11) is 1.62. The van der Waals surface area contributed by atoms with E-state index in [1.165, 1.54) is 0 Å². The first kappa shape index (κ1) is 18.5. The fourth-order valence-corrected chi connectivity index (χ4v) is 3.05. The average Bonchev–Trinajstić information content (AvgIpc) is 3.28. The van der Waals surface area contributed by atoms with Crippen LogP contribution in [0.2, 0.25) is 0 Å². The van der Waals surface area contributed by atoms with Crippen molar-refractivity contribution in [2.45, 2.75) is 6.54 Å². The van der Waals surface area contributed by atoms with Gasteiger partial charge in [-0.2, -0.15) is 0 Å². The smallest absolute Gasteiger partial charge is 0.252 e. The Morgan fingerprint density at radius 2 is 1.79 bits per heavy atom. The van der Waals surface area contributed by atoms with E-state index in [4.69, 9.17) is 9.15 Å². The van der Waals surface area contributed by atoms with E-state index in [1.807, 2.05) is 72.8 Å². The molecule has 29 heavy (non-hydrogen) atoms. The maximum absolute atomic E-state index is 12.8. The van der Waals surface area contributed by atoms with Crippen LogP contribution in [-0.4, -0.2) is 18.0 Å². The summed E-state index contributed by atoms with van der Waals surface area (Å²) in [6, 6.07) is 24.6. The van der Waals surface area contributed by atoms with Gasteiger partial charge in [0.1, 0.15) is 5.75 Å². The fourth-order valence-electron chi connectivity index (χ4n) is 3.05. The van der Waals surface area contributed by atoms with Crippen LogP contribution in [0.5, 0.6) is 5.75 Å². The van der Waals surface area contributed by atoms with Crippen LogP contribution in [0, 0.1) is 0 Å². The highest BCUT2D eigenvalue weighted by Gasteiger charge is 2.17. The largest absolute Gasteiger partial charge is 0.497 e. The minimum absolute atomic E-state index is 0.175. The van der Waals surface area contributed by atoms with Crippen molar-refractivity contribution in [2.75, 3.05) is 7.11 Å². The number of nitrogens with one attached hydrogen (secondary N) is 1. The second-order valence-electron chi connectivity index (χ2n) is 6.48. The Hall–Kier alpha value is -3.86. The lowest BCUT2D eigenvalue weighted by Gasteiger charge is -2.08. The van der Waals surface area contributed by atoms with E-state index in [2.05, 4.69) is 10.3 Å². The van der Waals surface area contributed by atoms with E-state index in [0.29, 0.717) is 29.3 Å². The number of oxazole rings is 1. The molecule has 0 radical (unpaired) electrons. The lowest BCUT2D eigenvalue weighted by Crippen LogP contribution is -2.23. The van der Waals surface area contributed by atoms with Gasteiger partial charge in [-0.25, -0.2) is 4.98 Å². The number of carbonyl (C=O) groups excluding carboxylic acids is 1. The summed E-state index contributed by atoms with van der Waals surface area (Å²) in [4.78, 5) is 17.2. The van der Waals surface area contributed by atoms with E-state index in [0.717, 1.165) is 16.9 Å². The van der Waals surface area contributed by atoms with Crippen LogP contribution in [0.3, 0.4) is 0 Å². The highest BCUT2D eigenvalue weighted by Crippen LogP contribution is 2.29. The van der Waals surface area contributed by atoms with E-state index in [-0.39, 0.29) is 5.91 Å². The molecule has 1 heterocycles. The Labute approximate surface area is 169 Å². The Bertz CT molecular complexity index is 1120. The normalized spacial score (nSPS) is 10.5. The second-order valence-corrected chi connectivity index (χ2v) is 6.48. The van der Waals surface area contributed by atoms with Crippen molar-refractivity contribution < 1.29 is 13.9 Å². The molecular formula is C24H20N2O3. The van der Waals surface area contributed by atoms with Crippen molar-refractivity contribution in [1.29, 1.82) is 0 Å². The molecule has 144 valence electrons. The fraction of sp³-hybridized carbons (Fsp3) is 0.0833. The standard InChI is InChI=1S/C24H20N2O3/c1-28-19-11-7-10-18(14-19)22-16-26-24(29-22)21-13-6-5-12-20(21)23(27)25-15-17-8-3-2-4-9-17/h2-14,16H,15H2,1H3,(H,25,27). The molecular weight excluding hydrogens is 364 g/mol.